The summed E-state index contributed by atoms with van der Waals surface area (Å²) in [5.41, 5.74) is -0.0944. The van der Waals surface area contributed by atoms with Crippen LogP contribution in [0, 0.1) is 11.8 Å². The van der Waals surface area contributed by atoms with Crippen molar-refractivity contribution in [2.45, 2.75) is 90.3 Å². The molecule has 1 saturated heterocycles. The highest BCUT2D eigenvalue weighted by Gasteiger charge is 2.46. The van der Waals surface area contributed by atoms with Crippen LogP contribution in [-0.4, -0.2) is 43.0 Å². The summed E-state index contributed by atoms with van der Waals surface area (Å²) in [4.78, 5) is 26.9. The molecule has 31 heavy (non-hydrogen) atoms. The number of amides is 2. The van der Waals surface area contributed by atoms with Crippen LogP contribution in [0.2, 0.25) is 23.2 Å². The topological polar surface area (TPSA) is 55.8 Å². The molecule has 0 aliphatic carbocycles. The second kappa shape index (κ2) is 9.36. The standard InChI is InChI=1S/C24H34ClNO4Si/c1-23(2,3)29-22(28)26-19(14-13-17-11-9-10-12-18(17)25)20(15-16-21(26)27)30-31(7,8)24(4,5)6/h9-12,19-20H,15-16H2,1-8H3/t19-,20+/m1/s1. The molecule has 0 aromatic heterocycles. The summed E-state index contributed by atoms with van der Waals surface area (Å²) in [6.45, 7) is 16.1. The summed E-state index contributed by atoms with van der Waals surface area (Å²) in [5.74, 6) is 5.87. The Hall–Kier alpha value is -1.81. The van der Waals surface area contributed by atoms with Crippen molar-refractivity contribution in [3.05, 3.63) is 34.9 Å². The summed E-state index contributed by atoms with van der Waals surface area (Å²) in [6.07, 6.45) is -0.365. The Morgan fingerprint density at radius 2 is 1.77 bits per heavy atom. The minimum Gasteiger partial charge on any atom is -0.443 e. The Labute approximate surface area is 192 Å². The molecule has 7 heteroatoms. The first kappa shape index (κ1) is 25.4. The van der Waals surface area contributed by atoms with Crippen LogP contribution in [0.1, 0.15) is 59.9 Å². The van der Waals surface area contributed by atoms with Gasteiger partial charge in [0.2, 0.25) is 5.91 Å². The fraction of sp³-hybridized carbons (Fsp3) is 0.583. The molecule has 170 valence electrons. The number of carbonyl (C=O) groups excluding carboxylic acids is 2. The molecule has 0 saturated carbocycles. The van der Waals surface area contributed by atoms with Crippen molar-refractivity contribution in [1.82, 2.24) is 4.90 Å². The Morgan fingerprint density at radius 1 is 1.16 bits per heavy atom. The molecule has 5 nitrogen and oxygen atoms in total. The quantitative estimate of drug-likeness (QED) is 0.398. The van der Waals surface area contributed by atoms with Gasteiger partial charge in [-0.3, -0.25) is 4.79 Å². The second-order valence-corrected chi connectivity index (χ2v) is 15.6. The fourth-order valence-electron chi connectivity index (χ4n) is 2.94. The number of imide groups is 1. The monoisotopic (exact) mass is 463 g/mol. The van der Waals surface area contributed by atoms with Crippen molar-refractivity contribution in [2.75, 3.05) is 0 Å². The van der Waals surface area contributed by atoms with Crippen LogP contribution in [0.3, 0.4) is 0 Å². The van der Waals surface area contributed by atoms with Gasteiger partial charge in [0.05, 0.1) is 11.1 Å². The maximum absolute atomic E-state index is 13.0. The first-order valence-corrected chi connectivity index (χ1v) is 13.9. The van der Waals surface area contributed by atoms with Gasteiger partial charge in [-0.2, -0.15) is 0 Å². The lowest BCUT2D eigenvalue weighted by molar-refractivity contribution is -0.137. The van der Waals surface area contributed by atoms with Gasteiger partial charge in [-0.15, -0.1) is 0 Å². The molecule has 0 radical (unpaired) electrons. The van der Waals surface area contributed by atoms with Crippen molar-refractivity contribution >= 4 is 31.9 Å². The zero-order chi connectivity index (χ0) is 23.6. The molecule has 0 bridgehead atoms. The second-order valence-electron chi connectivity index (χ2n) is 10.4. The first-order valence-electron chi connectivity index (χ1n) is 10.6. The van der Waals surface area contributed by atoms with Crippen LogP contribution in [0.4, 0.5) is 4.79 Å². The molecule has 0 spiro atoms. The predicted octanol–water partition coefficient (Wildman–Crippen LogP) is 6.01. The third kappa shape index (κ3) is 6.58. The molecule has 0 unspecified atom stereocenters. The van der Waals surface area contributed by atoms with Crippen molar-refractivity contribution in [3.8, 4) is 11.8 Å². The van der Waals surface area contributed by atoms with Crippen LogP contribution in [0.25, 0.3) is 0 Å². The van der Waals surface area contributed by atoms with E-state index in [-0.39, 0.29) is 23.5 Å². The molecule has 2 atom stereocenters. The number of carbonyl (C=O) groups is 2. The van der Waals surface area contributed by atoms with Crippen LogP contribution in [0.15, 0.2) is 24.3 Å². The lowest BCUT2D eigenvalue weighted by Crippen LogP contribution is -2.58. The Morgan fingerprint density at radius 3 is 2.32 bits per heavy atom. The molecule has 2 rings (SSSR count). The van der Waals surface area contributed by atoms with E-state index in [1.165, 1.54) is 0 Å². The molecule has 0 N–H and O–H groups in total. The SMILES string of the molecule is CC(C)(C)OC(=O)N1C(=O)CC[C@H](O[Si](C)(C)C(C)(C)C)[C@H]1C#Cc1ccccc1Cl. The van der Waals surface area contributed by atoms with Gasteiger partial charge in [0.15, 0.2) is 8.32 Å². The maximum Gasteiger partial charge on any atom is 0.418 e. The highest BCUT2D eigenvalue weighted by atomic mass is 35.5. The average molecular weight is 464 g/mol. The van der Waals surface area contributed by atoms with E-state index >= 15 is 0 Å². The van der Waals surface area contributed by atoms with Gasteiger partial charge in [0, 0.05) is 12.0 Å². The summed E-state index contributed by atoms with van der Waals surface area (Å²) in [7, 11) is -2.17. The average Bonchev–Trinajstić information content (AvgIpc) is 2.60. The number of benzene rings is 1. The predicted molar refractivity (Wildman–Crippen MR) is 127 cm³/mol. The summed E-state index contributed by atoms with van der Waals surface area (Å²) in [5, 5.41) is 0.495. The maximum atomic E-state index is 13.0. The van der Waals surface area contributed by atoms with Crippen molar-refractivity contribution in [3.63, 3.8) is 0 Å². The number of hydrogen-bond donors (Lipinski definition) is 0. The lowest BCUT2D eigenvalue weighted by atomic mass is 9.98. The van der Waals surface area contributed by atoms with Gasteiger partial charge in [-0.05, 0) is 57.5 Å². The van der Waals surface area contributed by atoms with Gasteiger partial charge in [-0.25, -0.2) is 9.69 Å². The lowest BCUT2D eigenvalue weighted by Gasteiger charge is -2.44. The largest absolute Gasteiger partial charge is 0.443 e. The van der Waals surface area contributed by atoms with E-state index in [0.29, 0.717) is 17.0 Å². The Balaban J connectivity index is 2.48. The molecule has 2 amide bonds. The molecule has 1 aliphatic rings. The smallest absolute Gasteiger partial charge is 0.418 e. The van der Waals surface area contributed by atoms with Gasteiger partial charge < -0.3 is 9.16 Å². The normalized spacial score (nSPS) is 20.2. The number of piperidine rings is 1. The third-order valence-electron chi connectivity index (χ3n) is 5.61. The van der Waals surface area contributed by atoms with E-state index in [0.717, 1.165) is 4.90 Å². The molecule has 1 aromatic rings. The molecule has 1 aliphatic heterocycles. The number of nitrogens with zero attached hydrogens (tertiary/aromatic N) is 1. The molecular weight excluding hydrogens is 430 g/mol. The minimum absolute atomic E-state index is 0.0219. The van der Waals surface area contributed by atoms with Crippen molar-refractivity contribution in [1.29, 1.82) is 0 Å². The molecule has 1 aromatic carbocycles. The van der Waals surface area contributed by atoms with E-state index in [2.05, 4.69) is 45.7 Å². The fourth-order valence-corrected chi connectivity index (χ4v) is 4.48. The number of hydrogen-bond acceptors (Lipinski definition) is 4. The highest BCUT2D eigenvalue weighted by molar-refractivity contribution is 6.74. The van der Waals surface area contributed by atoms with Crippen molar-refractivity contribution < 1.29 is 18.8 Å². The zero-order valence-electron chi connectivity index (χ0n) is 19.8. The Bertz CT molecular complexity index is 889. The summed E-state index contributed by atoms with van der Waals surface area (Å²) >= 11 is 6.26. The zero-order valence-corrected chi connectivity index (χ0v) is 21.6. The first-order chi connectivity index (χ1) is 14.1. The Kier molecular flexibility index (Phi) is 7.68. The summed E-state index contributed by atoms with van der Waals surface area (Å²) < 4.78 is 12.2. The number of rotatable bonds is 2. The number of halogens is 1. The minimum atomic E-state index is -2.17. The van der Waals surface area contributed by atoms with E-state index in [9.17, 15) is 9.59 Å². The van der Waals surface area contributed by atoms with E-state index in [4.69, 9.17) is 20.8 Å². The van der Waals surface area contributed by atoms with Crippen LogP contribution in [0.5, 0.6) is 0 Å². The van der Waals surface area contributed by atoms with E-state index in [1.54, 1.807) is 26.8 Å². The molecular formula is C24H34ClNO4Si. The number of likely N-dealkylation sites (tertiary alicyclic amines) is 1. The van der Waals surface area contributed by atoms with Gasteiger partial charge in [0.25, 0.3) is 0 Å². The van der Waals surface area contributed by atoms with Crippen LogP contribution >= 0.6 is 11.6 Å². The van der Waals surface area contributed by atoms with Gasteiger partial charge >= 0.3 is 6.09 Å². The molecule has 1 fully saturated rings. The van der Waals surface area contributed by atoms with Crippen LogP contribution in [-0.2, 0) is 14.0 Å². The number of ether oxygens (including phenoxy) is 1. The summed E-state index contributed by atoms with van der Waals surface area (Å²) in [6, 6.07) is 6.49. The third-order valence-corrected chi connectivity index (χ3v) is 10.4. The van der Waals surface area contributed by atoms with Crippen molar-refractivity contribution in [2.24, 2.45) is 0 Å². The van der Waals surface area contributed by atoms with Crippen LogP contribution < -0.4 is 0 Å². The van der Waals surface area contributed by atoms with E-state index < -0.39 is 26.1 Å². The van der Waals surface area contributed by atoms with Gasteiger partial charge in [0.1, 0.15) is 11.6 Å². The molecule has 1 heterocycles. The van der Waals surface area contributed by atoms with E-state index in [1.807, 2.05) is 18.2 Å². The highest BCUT2D eigenvalue weighted by Crippen LogP contribution is 2.39. The van der Waals surface area contributed by atoms with Gasteiger partial charge in [-0.1, -0.05) is 56.3 Å².